The molecule has 1 heterocycles. The Morgan fingerprint density at radius 1 is 1.19 bits per heavy atom. The highest BCUT2D eigenvalue weighted by atomic mass is 16.2. The molecule has 4 nitrogen and oxygen atoms in total. The number of likely N-dealkylation sites (tertiary alicyclic amines) is 1. The van der Waals surface area contributed by atoms with Crippen LogP contribution in [0.5, 0.6) is 0 Å². The number of carbonyl (C=O) groups excluding carboxylic acids is 2. The Kier molecular flexibility index (Phi) is 8.58. The van der Waals surface area contributed by atoms with Gasteiger partial charge in [0.05, 0.1) is 0 Å². The molecular formula is C17H32N2O2. The van der Waals surface area contributed by atoms with Gasteiger partial charge in [-0.2, -0.15) is 0 Å². The predicted octanol–water partition coefficient (Wildman–Crippen LogP) is 2.97. The number of hydrogen-bond acceptors (Lipinski definition) is 3. The van der Waals surface area contributed by atoms with Gasteiger partial charge in [0.2, 0.25) is 11.8 Å². The van der Waals surface area contributed by atoms with Crippen molar-refractivity contribution in [1.82, 2.24) is 10.2 Å². The highest BCUT2D eigenvalue weighted by molar-refractivity contribution is 6.03. The summed E-state index contributed by atoms with van der Waals surface area (Å²) in [4.78, 5) is 25.8. The first-order valence-corrected chi connectivity index (χ1v) is 8.66. The average Bonchev–Trinajstić information content (AvgIpc) is 2.75. The number of rotatable bonds is 11. The van der Waals surface area contributed by atoms with E-state index in [1.54, 1.807) is 0 Å². The standard InChI is InChI=1S/C17H32N2O2/c1-4-6-7-8-9-10-14(3)15-13-16(20)19(17(15)21)12-11-18-5-2/h14-15,18H,4-13H2,1-3H3. The van der Waals surface area contributed by atoms with E-state index in [-0.39, 0.29) is 17.7 Å². The Hall–Kier alpha value is -0.900. The van der Waals surface area contributed by atoms with Gasteiger partial charge >= 0.3 is 0 Å². The molecule has 1 rings (SSSR count). The van der Waals surface area contributed by atoms with Crippen LogP contribution in [-0.4, -0.2) is 36.3 Å². The van der Waals surface area contributed by atoms with Crippen LogP contribution in [0.1, 0.15) is 65.7 Å². The summed E-state index contributed by atoms with van der Waals surface area (Å²) in [6.45, 7) is 8.46. The highest BCUT2D eigenvalue weighted by Crippen LogP contribution is 2.29. The SMILES string of the molecule is CCCCCCCC(C)C1CC(=O)N(CCNCC)C1=O. The van der Waals surface area contributed by atoms with E-state index in [4.69, 9.17) is 0 Å². The molecule has 1 aliphatic rings. The van der Waals surface area contributed by atoms with Gasteiger partial charge in [0.15, 0.2) is 0 Å². The van der Waals surface area contributed by atoms with Gasteiger partial charge in [-0.3, -0.25) is 14.5 Å². The number of nitrogens with one attached hydrogen (secondary N) is 1. The third kappa shape index (κ3) is 5.77. The summed E-state index contributed by atoms with van der Waals surface area (Å²) in [5.74, 6) is 0.317. The fraction of sp³-hybridized carbons (Fsp3) is 0.882. The Bertz CT molecular complexity index is 331. The van der Waals surface area contributed by atoms with E-state index in [2.05, 4.69) is 19.2 Å². The van der Waals surface area contributed by atoms with Crippen molar-refractivity contribution >= 4 is 11.8 Å². The Labute approximate surface area is 129 Å². The summed E-state index contributed by atoms with van der Waals surface area (Å²) >= 11 is 0. The van der Waals surface area contributed by atoms with Gasteiger partial charge < -0.3 is 5.32 Å². The van der Waals surface area contributed by atoms with Crippen LogP contribution in [0.25, 0.3) is 0 Å². The van der Waals surface area contributed by atoms with E-state index < -0.39 is 0 Å². The molecular weight excluding hydrogens is 264 g/mol. The molecule has 0 spiro atoms. The number of imide groups is 1. The molecule has 0 radical (unpaired) electrons. The van der Waals surface area contributed by atoms with Crippen molar-refractivity contribution in [1.29, 1.82) is 0 Å². The molecule has 1 fully saturated rings. The maximum atomic E-state index is 12.4. The topological polar surface area (TPSA) is 49.4 Å². The maximum Gasteiger partial charge on any atom is 0.233 e. The van der Waals surface area contributed by atoms with Crippen LogP contribution in [-0.2, 0) is 9.59 Å². The smallest absolute Gasteiger partial charge is 0.233 e. The molecule has 2 atom stereocenters. The number of carbonyl (C=O) groups is 2. The van der Waals surface area contributed by atoms with Gasteiger partial charge in [0.1, 0.15) is 0 Å². The van der Waals surface area contributed by atoms with Gasteiger partial charge in [-0.15, -0.1) is 0 Å². The van der Waals surface area contributed by atoms with Gasteiger partial charge in [-0.05, 0) is 18.9 Å². The van der Waals surface area contributed by atoms with Crippen molar-refractivity contribution in [3.63, 3.8) is 0 Å². The molecule has 2 unspecified atom stereocenters. The van der Waals surface area contributed by atoms with E-state index in [1.165, 1.54) is 37.0 Å². The van der Waals surface area contributed by atoms with E-state index in [9.17, 15) is 9.59 Å². The monoisotopic (exact) mass is 296 g/mol. The van der Waals surface area contributed by atoms with Crippen LogP contribution >= 0.6 is 0 Å². The normalized spacial score (nSPS) is 20.3. The average molecular weight is 296 g/mol. The lowest BCUT2D eigenvalue weighted by Crippen LogP contribution is -2.37. The lowest BCUT2D eigenvalue weighted by atomic mass is 9.88. The molecule has 0 aromatic heterocycles. The lowest BCUT2D eigenvalue weighted by molar-refractivity contribution is -0.139. The summed E-state index contributed by atoms with van der Waals surface area (Å²) < 4.78 is 0. The number of amides is 2. The van der Waals surface area contributed by atoms with Crippen molar-refractivity contribution in [2.75, 3.05) is 19.6 Å². The zero-order valence-corrected chi connectivity index (χ0v) is 14.0. The van der Waals surface area contributed by atoms with E-state index in [0.717, 1.165) is 13.0 Å². The Morgan fingerprint density at radius 3 is 2.57 bits per heavy atom. The fourth-order valence-corrected chi connectivity index (χ4v) is 3.03. The summed E-state index contributed by atoms with van der Waals surface area (Å²) in [7, 11) is 0. The second-order valence-corrected chi connectivity index (χ2v) is 6.23. The van der Waals surface area contributed by atoms with E-state index in [0.29, 0.717) is 25.4 Å². The van der Waals surface area contributed by atoms with Crippen molar-refractivity contribution in [3.05, 3.63) is 0 Å². The van der Waals surface area contributed by atoms with E-state index >= 15 is 0 Å². The van der Waals surface area contributed by atoms with Crippen LogP contribution in [0.15, 0.2) is 0 Å². The summed E-state index contributed by atoms with van der Waals surface area (Å²) in [5, 5.41) is 3.17. The molecule has 1 N–H and O–H groups in total. The Morgan fingerprint density at radius 2 is 1.90 bits per heavy atom. The minimum Gasteiger partial charge on any atom is -0.315 e. The first kappa shape index (κ1) is 18.1. The van der Waals surface area contributed by atoms with Gasteiger partial charge in [-0.25, -0.2) is 0 Å². The van der Waals surface area contributed by atoms with Gasteiger partial charge in [-0.1, -0.05) is 52.9 Å². The largest absolute Gasteiger partial charge is 0.315 e. The number of unbranched alkanes of at least 4 members (excludes halogenated alkanes) is 4. The van der Waals surface area contributed by atoms with Crippen molar-refractivity contribution in [2.24, 2.45) is 11.8 Å². The molecule has 21 heavy (non-hydrogen) atoms. The van der Waals surface area contributed by atoms with Crippen LogP contribution in [0, 0.1) is 11.8 Å². The third-order valence-corrected chi connectivity index (χ3v) is 4.49. The van der Waals surface area contributed by atoms with Crippen LogP contribution in [0.4, 0.5) is 0 Å². The fourth-order valence-electron chi connectivity index (χ4n) is 3.03. The van der Waals surface area contributed by atoms with Crippen LogP contribution in [0.2, 0.25) is 0 Å². The molecule has 0 bridgehead atoms. The zero-order valence-electron chi connectivity index (χ0n) is 14.0. The zero-order chi connectivity index (χ0) is 15.7. The second-order valence-electron chi connectivity index (χ2n) is 6.23. The summed E-state index contributed by atoms with van der Waals surface area (Å²) in [6, 6.07) is 0. The maximum absolute atomic E-state index is 12.4. The van der Waals surface area contributed by atoms with Gasteiger partial charge in [0.25, 0.3) is 0 Å². The highest BCUT2D eigenvalue weighted by Gasteiger charge is 2.40. The lowest BCUT2D eigenvalue weighted by Gasteiger charge is -2.19. The minimum atomic E-state index is -0.0784. The molecule has 4 heteroatoms. The molecule has 0 saturated carbocycles. The quantitative estimate of drug-likeness (QED) is 0.471. The second kappa shape index (κ2) is 9.93. The molecule has 122 valence electrons. The minimum absolute atomic E-state index is 0.0146. The molecule has 2 amide bonds. The van der Waals surface area contributed by atoms with Crippen molar-refractivity contribution in [3.8, 4) is 0 Å². The van der Waals surface area contributed by atoms with Crippen molar-refractivity contribution in [2.45, 2.75) is 65.7 Å². The molecule has 0 aliphatic carbocycles. The molecule has 0 aromatic rings. The number of nitrogens with zero attached hydrogens (tertiary/aromatic N) is 1. The van der Waals surface area contributed by atoms with Gasteiger partial charge in [0, 0.05) is 25.4 Å². The molecule has 1 aliphatic heterocycles. The number of likely N-dealkylation sites (N-methyl/N-ethyl adjacent to an activating group) is 1. The first-order valence-electron chi connectivity index (χ1n) is 8.66. The Balaban J connectivity index is 2.34. The van der Waals surface area contributed by atoms with Crippen LogP contribution < -0.4 is 5.32 Å². The van der Waals surface area contributed by atoms with E-state index in [1.807, 2.05) is 6.92 Å². The summed E-state index contributed by atoms with van der Waals surface area (Å²) in [5.41, 5.74) is 0. The third-order valence-electron chi connectivity index (χ3n) is 4.49. The summed E-state index contributed by atoms with van der Waals surface area (Å²) in [6.07, 6.45) is 7.75. The predicted molar refractivity (Wildman–Crippen MR) is 85.9 cm³/mol. The van der Waals surface area contributed by atoms with Crippen LogP contribution in [0.3, 0.4) is 0 Å². The van der Waals surface area contributed by atoms with Crippen molar-refractivity contribution < 1.29 is 9.59 Å². The first-order chi connectivity index (χ1) is 10.1. The molecule has 1 saturated heterocycles. The number of hydrogen-bond donors (Lipinski definition) is 1. The molecule has 0 aromatic carbocycles.